The van der Waals surface area contributed by atoms with Crippen molar-refractivity contribution in [1.82, 2.24) is 14.1 Å². The van der Waals surface area contributed by atoms with Crippen molar-refractivity contribution in [2.45, 2.75) is 30.6 Å². The van der Waals surface area contributed by atoms with Gasteiger partial charge in [0.25, 0.3) is 0 Å². The van der Waals surface area contributed by atoms with Gasteiger partial charge in [0.05, 0.1) is 4.90 Å². The molecule has 2 fully saturated rings. The van der Waals surface area contributed by atoms with Gasteiger partial charge < -0.3 is 9.80 Å². The molecular weight excluding hydrogens is 369 g/mol. The van der Waals surface area contributed by atoms with Crippen molar-refractivity contribution in [2.24, 2.45) is 5.92 Å². The number of likely N-dealkylation sites (N-methyl/N-ethyl adjacent to an activating group) is 1. The van der Waals surface area contributed by atoms with Crippen LogP contribution in [0.3, 0.4) is 0 Å². The number of hydrogen-bond acceptors (Lipinski definition) is 4. The van der Waals surface area contributed by atoms with Crippen LogP contribution in [0.15, 0.2) is 29.2 Å². The van der Waals surface area contributed by atoms with E-state index in [1.807, 2.05) is 4.90 Å². The smallest absolute Gasteiger partial charge is 0.243 e. The van der Waals surface area contributed by atoms with Gasteiger partial charge in [0.1, 0.15) is 5.82 Å². The van der Waals surface area contributed by atoms with Crippen LogP contribution >= 0.6 is 0 Å². The van der Waals surface area contributed by atoms with Gasteiger partial charge in [-0.1, -0.05) is 6.07 Å². The molecule has 0 unspecified atom stereocenters. The van der Waals surface area contributed by atoms with E-state index < -0.39 is 15.8 Å². The molecule has 2 aliphatic heterocycles. The second-order valence-electron chi connectivity index (χ2n) is 7.53. The maximum Gasteiger partial charge on any atom is 0.243 e. The summed E-state index contributed by atoms with van der Waals surface area (Å²) in [6.45, 7) is 4.27. The Kier molecular flexibility index (Phi) is 6.49. The number of hydrogen-bond donors (Lipinski definition) is 0. The van der Waals surface area contributed by atoms with E-state index in [1.165, 1.54) is 22.5 Å². The Morgan fingerprint density at radius 2 is 1.78 bits per heavy atom. The first-order valence-electron chi connectivity index (χ1n) is 9.58. The molecule has 2 aliphatic rings. The summed E-state index contributed by atoms with van der Waals surface area (Å²) in [6.07, 6.45) is 2.82. The third-order valence-corrected chi connectivity index (χ3v) is 7.52. The number of carbonyl (C=O) groups excluding carboxylic acids is 1. The summed E-state index contributed by atoms with van der Waals surface area (Å²) in [5, 5.41) is 0. The highest BCUT2D eigenvalue weighted by Gasteiger charge is 2.30. The van der Waals surface area contributed by atoms with Gasteiger partial charge in [-0.25, -0.2) is 12.8 Å². The lowest BCUT2D eigenvalue weighted by Gasteiger charge is -2.34. The average molecular weight is 398 g/mol. The third kappa shape index (κ3) is 5.06. The third-order valence-electron chi connectivity index (χ3n) is 5.63. The first-order valence-corrected chi connectivity index (χ1v) is 11.0. The minimum atomic E-state index is -3.65. The van der Waals surface area contributed by atoms with Crippen LogP contribution in [0.5, 0.6) is 0 Å². The number of piperazine rings is 1. The van der Waals surface area contributed by atoms with E-state index in [9.17, 15) is 17.6 Å². The molecule has 2 heterocycles. The van der Waals surface area contributed by atoms with Crippen LogP contribution in [-0.2, 0) is 14.8 Å². The lowest BCUT2D eigenvalue weighted by atomic mass is 9.93. The minimum Gasteiger partial charge on any atom is -0.340 e. The standard InChI is InChI=1S/C19H28FN3O3S/c1-21-11-13-22(14-12-21)19(24)6-5-16-7-9-23(10-8-16)27(25,26)18-4-2-3-17(20)15-18/h2-4,15-16H,5-14H2,1H3. The van der Waals surface area contributed by atoms with Crippen molar-refractivity contribution in [3.63, 3.8) is 0 Å². The lowest BCUT2D eigenvalue weighted by Crippen LogP contribution is -2.47. The summed E-state index contributed by atoms with van der Waals surface area (Å²) < 4.78 is 40.1. The SMILES string of the molecule is CN1CCN(C(=O)CCC2CCN(S(=O)(=O)c3cccc(F)c3)CC2)CC1. The van der Waals surface area contributed by atoms with Crippen molar-refractivity contribution in [2.75, 3.05) is 46.3 Å². The molecule has 8 heteroatoms. The molecule has 3 rings (SSSR count). The molecule has 6 nitrogen and oxygen atoms in total. The Labute approximate surface area is 161 Å². The van der Waals surface area contributed by atoms with Gasteiger partial charge >= 0.3 is 0 Å². The Morgan fingerprint density at radius 3 is 2.41 bits per heavy atom. The molecule has 1 aromatic carbocycles. The molecule has 2 saturated heterocycles. The molecule has 0 spiro atoms. The van der Waals surface area contributed by atoms with Gasteiger partial charge in [-0.05, 0) is 50.4 Å². The number of sulfonamides is 1. The first-order chi connectivity index (χ1) is 12.9. The van der Waals surface area contributed by atoms with Crippen molar-refractivity contribution < 1.29 is 17.6 Å². The number of piperidine rings is 1. The molecule has 0 atom stereocenters. The molecule has 0 bridgehead atoms. The van der Waals surface area contributed by atoms with Gasteiger partial charge in [0, 0.05) is 45.7 Å². The largest absolute Gasteiger partial charge is 0.340 e. The summed E-state index contributed by atoms with van der Waals surface area (Å²) in [6, 6.07) is 5.15. The van der Waals surface area contributed by atoms with Crippen molar-refractivity contribution in [1.29, 1.82) is 0 Å². The van der Waals surface area contributed by atoms with Gasteiger partial charge in [-0.15, -0.1) is 0 Å². The first kappa shape index (κ1) is 20.2. The fourth-order valence-electron chi connectivity index (χ4n) is 3.76. The van der Waals surface area contributed by atoms with E-state index in [4.69, 9.17) is 0 Å². The summed E-state index contributed by atoms with van der Waals surface area (Å²) in [4.78, 5) is 16.5. The van der Waals surface area contributed by atoms with E-state index in [0.29, 0.717) is 25.4 Å². The number of amides is 1. The monoisotopic (exact) mass is 397 g/mol. The molecule has 0 radical (unpaired) electrons. The topological polar surface area (TPSA) is 60.9 Å². The molecule has 0 saturated carbocycles. The highest BCUT2D eigenvalue weighted by Crippen LogP contribution is 2.27. The number of nitrogens with zero attached hydrogens (tertiary/aromatic N) is 3. The Morgan fingerprint density at radius 1 is 1.11 bits per heavy atom. The summed E-state index contributed by atoms with van der Waals surface area (Å²) in [7, 11) is -1.59. The fourth-order valence-corrected chi connectivity index (χ4v) is 5.26. The van der Waals surface area contributed by atoms with Crippen LogP contribution in [0.2, 0.25) is 0 Å². The maximum absolute atomic E-state index is 13.4. The number of rotatable bonds is 5. The Hall–Kier alpha value is -1.51. The predicted molar refractivity (Wildman–Crippen MR) is 101 cm³/mol. The van der Waals surface area contributed by atoms with Crippen LogP contribution in [0.1, 0.15) is 25.7 Å². The van der Waals surface area contributed by atoms with Gasteiger partial charge in [0.2, 0.25) is 15.9 Å². The number of halogens is 1. The molecule has 0 aromatic heterocycles. The van der Waals surface area contributed by atoms with Crippen LogP contribution < -0.4 is 0 Å². The van der Waals surface area contributed by atoms with E-state index >= 15 is 0 Å². The second-order valence-corrected chi connectivity index (χ2v) is 9.47. The van der Waals surface area contributed by atoms with Crippen molar-refractivity contribution in [3.8, 4) is 0 Å². The van der Waals surface area contributed by atoms with Crippen LogP contribution in [0, 0.1) is 11.7 Å². The van der Waals surface area contributed by atoms with E-state index in [0.717, 1.165) is 51.5 Å². The normalized spacial score (nSPS) is 20.7. The molecule has 150 valence electrons. The van der Waals surface area contributed by atoms with E-state index in [1.54, 1.807) is 0 Å². The van der Waals surface area contributed by atoms with Crippen LogP contribution in [0.25, 0.3) is 0 Å². The summed E-state index contributed by atoms with van der Waals surface area (Å²) in [5.74, 6) is 0.0201. The highest BCUT2D eigenvalue weighted by atomic mass is 32.2. The van der Waals surface area contributed by atoms with E-state index in [-0.39, 0.29) is 10.8 Å². The Bertz CT molecular complexity index is 755. The zero-order valence-electron chi connectivity index (χ0n) is 15.8. The predicted octanol–water partition coefficient (Wildman–Crippen LogP) is 1.78. The van der Waals surface area contributed by atoms with Gasteiger partial charge in [-0.2, -0.15) is 4.31 Å². The molecule has 0 aliphatic carbocycles. The number of carbonyl (C=O) groups is 1. The van der Waals surface area contributed by atoms with Crippen molar-refractivity contribution in [3.05, 3.63) is 30.1 Å². The van der Waals surface area contributed by atoms with Gasteiger partial charge in [-0.3, -0.25) is 4.79 Å². The maximum atomic E-state index is 13.4. The van der Waals surface area contributed by atoms with E-state index in [2.05, 4.69) is 11.9 Å². The lowest BCUT2D eigenvalue weighted by molar-refractivity contribution is -0.133. The minimum absolute atomic E-state index is 0.00574. The average Bonchev–Trinajstić information content (AvgIpc) is 2.67. The summed E-state index contributed by atoms with van der Waals surface area (Å²) >= 11 is 0. The van der Waals surface area contributed by atoms with Crippen LogP contribution in [-0.4, -0.2) is 74.7 Å². The molecule has 1 aromatic rings. The molecule has 1 amide bonds. The van der Waals surface area contributed by atoms with Crippen molar-refractivity contribution >= 4 is 15.9 Å². The molecule has 0 N–H and O–H groups in total. The molecular formula is C19H28FN3O3S. The fraction of sp³-hybridized carbons (Fsp3) is 0.632. The quantitative estimate of drug-likeness (QED) is 0.760. The second kappa shape index (κ2) is 8.67. The number of benzene rings is 1. The van der Waals surface area contributed by atoms with Gasteiger partial charge in [0.15, 0.2) is 0 Å². The van der Waals surface area contributed by atoms with Crippen LogP contribution in [0.4, 0.5) is 4.39 Å². The molecule has 27 heavy (non-hydrogen) atoms. The Balaban J connectivity index is 1.47. The zero-order valence-corrected chi connectivity index (χ0v) is 16.6. The zero-order chi connectivity index (χ0) is 19.4. The summed E-state index contributed by atoms with van der Waals surface area (Å²) in [5.41, 5.74) is 0. The highest BCUT2D eigenvalue weighted by molar-refractivity contribution is 7.89.